The monoisotopic (exact) mass is 385 g/mol. The Kier molecular flexibility index (Phi) is 5.91. The fourth-order valence-corrected chi connectivity index (χ4v) is 3.49. The Morgan fingerprint density at radius 2 is 1.85 bits per heavy atom. The Hall–Kier alpha value is -2.37. The highest BCUT2D eigenvalue weighted by atomic mass is 35.5. The van der Waals surface area contributed by atoms with Crippen LogP contribution in [0.1, 0.15) is 22.8 Å². The van der Waals surface area contributed by atoms with Crippen LogP contribution in [0.4, 0.5) is 5.13 Å². The number of rotatable bonds is 6. The van der Waals surface area contributed by atoms with E-state index in [1.807, 2.05) is 67.9 Å². The van der Waals surface area contributed by atoms with Crippen LogP contribution >= 0.6 is 22.9 Å². The van der Waals surface area contributed by atoms with Gasteiger partial charge in [0.15, 0.2) is 5.13 Å². The van der Waals surface area contributed by atoms with E-state index < -0.39 is 0 Å². The minimum Gasteiger partial charge on any atom is -0.352 e. The molecule has 0 saturated heterocycles. The van der Waals surface area contributed by atoms with Crippen LogP contribution in [0.25, 0.3) is 11.3 Å². The molecule has 1 N–H and O–H groups in total. The summed E-state index contributed by atoms with van der Waals surface area (Å²) in [5.41, 5.74) is 3.80. The van der Waals surface area contributed by atoms with E-state index >= 15 is 0 Å². The van der Waals surface area contributed by atoms with Crippen molar-refractivity contribution in [3.63, 3.8) is 0 Å². The predicted molar refractivity (Wildman–Crippen MR) is 109 cm³/mol. The van der Waals surface area contributed by atoms with Gasteiger partial charge in [-0.3, -0.25) is 4.79 Å². The molecule has 1 amide bonds. The van der Waals surface area contributed by atoms with Crippen molar-refractivity contribution in [3.05, 3.63) is 70.1 Å². The van der Waals surface area contributed by atoms with Gasteiger partial charge in [0.2, 0.25) is 0 Å². The summed E-state index contributed by atoms with van der Waals surface area (Å²) in [5, 5.41) is 6.52. The first-order valence-corrected chi connectivity index (χ1v) is 9.62. The van der Waals surface area contributed by atoms with E-state index in [1.54, 1.807) is 11.3 Å². The van der Waals surface area contributed by atoms with Crippen molar-refractivity contribution in [1.29, 1.82) is 0 Å². The Bertz CT molecular complexity index is 875. The molecule has 26 heavy (non-hydrogen) atoms. The van der Waals surface area contributed by atoms with Gasteiger partial charge in [0.05, 0.1) is 5.69 Å². The van der Waals surface area contributed by atoms with Crippen LogP contribution in [0.2, 0.25) is 5.02 Å². The quantitative estimate of drug-likeness (QED) is 0.659. The van der Waals surface area contributed by atoms with Gasteiger partial charge >= 0.3 is 0 Å². The zero-order valence-corrected chi connectivity index (χ0v) is 16.3. The highest BCUT2D eigenvalue weighted by Gasteiger charge is 2.10. The number of halogens is 1. The maximum atomic E-state index is 11.8. The summed E-state index contributed by atoms with van der Waals surface area (Å²) in [5.74, 6) is -0.0417. The van der Waals surface area contributed by atoms with E-state index in [0.717, 1.165) is 33.5 Å². The Morgan fingerprint density at radius 1 is 1.15 bits per heavy atom. The van der Waals surface area contributed by atoms with Crippen LogP contribution < -0.4 is 10.2 Å². The zero-order chi connectivity index (χ0) is 18.5. The van der Waals surface area contributed by atoms with Crippen LogP contribution in [0.15, 0.2) is 53.9 Å². The third kappa shape index (κ3) is 4.42. The maximum Gasteiger partial charge on any atom is 0.251 e. The van der Waals surface area contributed by atoms with E-state index in [0.29, 0.717) is 12.1 Å². The number of benzene rings is 2. The number of carbonyl (C=O) groups is 1. The van der Waals surface area contributed by atoms with Crippen molar-refractivity contribution in [2.75, 3.05) is 18.5 Å². The second-order valence-corrected chi connectivity index (χ2v) is 7.21. The van der Waals surface area contributed by atoms with Crippen LogP contribution in [0.3, 0.4) is 0 Å². The molecule has 0 bridgehead atoms. The topological polar surface area (TPSA) is 45.2 Å². The minimum atomic E-state index is -0.0417. The molecule has 0 spiro atoms. The van der Waals surface area contributed by atoms with E-state index in [2.05, 4.69) is 10.2 Å². The molecule has 0 aliphatic carbocycles. The molecule has 0 atom stereocenters. The third-order valence-corrected chi connectivity index (χ3v) is 5.14. The van der Waals surface area contributed by atoms with Gasteiger partial charge in [-0.15, -0.1) is 11.3 Å². The van der Waals surface area contributed by atoms with E-state index in [9.17, 15) is 4.79 Å². The van der Waals surface area contributed by atoms with E-state index in [-0.39, 0.29) is 5.91 Å². The summed E-state index contributed by atoms with van der Waals surface area (Å²) in [7, 11) is 2.02. The fourth-order valence-electron chi connectivity index (χ4n) is 2.56. The standard InChI is InChI=1S/C20H20ClN3OS/c1-3-22-19(25)16-6-4-14(5-7-16)12-24(2)20-23-18(13-26-20)15-8-10-17(21)11-9-15/h4-11,13H,3,12H2,1-2H3,(H,22,25). The molecular weight excluding hydrogens is 366 g/mol. The summed E-state index contributed by atoms with van der Waals surface area (Å²) in [6, 6.07) is 15.4. The van der Waals surface area contributed by atoms with Gasteiger partial charge in [-0.25, -0.2) is 4.98 Å². The highest BCUT2D eigenvalue weighted by Crippen LogP contribution is 2.28. The first-order valence-electron chi connectivity index (χ1n) is 8.36. The molecule has 1 aromatic heterocycles. The molecule has 3 rings (SSSR count). The molecule has 6 heteroatoms. The predicted octanol–water partition coefficient (Wildman–Crippen LogP) is 4.85. The van der Waals surface area contributed by atoms with Crippen LogP contribution in [0.5, 0.6) is 0 Å². The van der Waals surface area contributed by atoms with Gasteiger partial charge in [0.25, 0.3) is 5.91 Å². The van der Waals surface area contributed by atoms with Gasteiger partial charge in [-0.2, -0.15) is 0 Å². The molecule has 134 valence electrons. The summed E-state index contributed by atoms with van der Waals surface area (Å²) in [6.07, 6.45) is 0. The van der Waals surface area contributed by atoms with Crippen molar-refractivity contribution >= 4 is 34.0 Å². The molecule has 0 aliphatic rings. The van der Waals surface area contributed by atoms with Gasteiger partial charge in [0.1, 0.15) is 0 Å². The smallest absolute Gasteiger partial charge is 0.251 e. The SMILES string of the molecule is CCNC(=O)c1ccc(CN(C)c2nc(-c3ccc(Cl)cc3)cs2)cc1. The first-order chi connectivity index (χ1) is 12.6. The van der Waals surface area contributed by atoms with Crippen LogP contribution in [-0.4, -0.2) is 24.5 Å². The number of carbonyl (C=O) groups excluding carboxylic acids is 1. The Labute approximate surface area is 162 Å². The molecule has 0 radical (unpaired) electrons. The molecular formula is C20H20ClN3OS. The van der Waals surface area contributed by atoms with Crippen molar-refractivity contribution in [2.24, 2.45) is 0 Å². The maximum absolute atomic E-state index is 11.8. The number of aromatic nitrogens is 1. The molecule has 0 unspecified atom stereocenters. The molecule has 2 aromatic carbocycles. The molecule has 0 fully saturated rings. The summed E-state index contributed by atoms with van der Waals surface area (Å²) in [6.45, 7) is 3.26. The molecule has 4 nitrogen and oxygen atoms in total. The lowest BCUT2D eigenvalue weighted by Gasteiger charge is -2.16. The number of thiazole rings is 1. The van der Waals surface area contributed by atoms with E-state index in [4.69, 9.17) is 16.6 Å². The lowest BCUT2D eigenvalue weighted by Crippen LogP contribution is -2.22. The largest absolute Gasteiger partial charge is 0.352 e. The number of nitrogens with one attached hydrogen (secondary N) is 1. The molecule has 3 aromatic rings. The number of hydrogen-bond donors (Lipinski definition) is 1. The van der Waals surface area contributed by atoms with Crippen molar-refractivity contribution in [2.45, 2.75) is 13.5 Å². The normalized spacial score (nSPS) is 10.6. The van der Waals surface area contributed by atoms with Crippen molar-refractivity contribution in [1.82, 2.24) is 10.3 Å². The molecule has 0 aliphatic heterocycles. The molecule has 0 saturated carbocycles. The number of anilines is 1. The summed E-state index contributed by atoms with van der Waals surface area (Å²) < 4.78 is 0. The van der Waals surface area contributed by atoms with E-state index in [1.165, 1.54) is 0 Å². The lowest BCUT2D eigenvalue weighted by molar-refractivity contribution is 0.0956. The van der Waals surface area contributed by atoms with Gasteiger partial charge < -0.3 is 10.2 Å². The lowest BCUT2D eigenvalue weighted by atomic mass is 10.1. The van der Waals surface area contributed by atoms with Crippen molar-refractivity contribution < 1.29 is 4.79 Å². The van der Waals surface area contributed by atoms with Gasteiger partial charge in [-0.1, -0.05) is 35.9 Å². The van der Waals surface area contributed by atoms with Gasteiger partial charge in [-0.05, 0) is 36.8 Å². The summed E-state index contributed by atoms with van der Waals surface area (Å²) >= 11 is 7.55. The first kappa shape index (κ1) is 18.4. The number of nitrogens with zero attached hydrogens (tertiary/aromatic N) is 2. The van der Waals surface area contributed by atoms with Crippen LogP contribution in [-0.2, 0) is 6.54 Å². The summed E-state index contributed by atoms with van der Waals surface area (Å²) in [4.78, 5) is 18.6. The van der Waals surface area contributed by atoms with Gasteiger partial charge in [0, 0.05) is 41.7 Å². The average molecular weight is 386 g/mol. The zero-order valence-electron chi connectivity index (χ0n) is 14.7. The van der Waals surface area contributed by atoms with Crippen LogP contribution in [0, 0.1) is 0 Å². The fraction of sp³-hybridized carbons (Fsp3) is 0.200. The third-order valence-electron chi connectivity index (χ3n) is 3.93. The second kappa shape index (κ2) is 8.34. The Morgan fingerprint density at radius 3 is 2.50 bits per heavy atom. The highest BCUT2D eigenvalue weighted by molar-refractivity contribution is 7.14. The number of amides is 1. The number of hydrogen-bond acceptors (Lipinski definition) is 4. The van der Waals surface area contributed by atoms with Crippen molar-refractivity contribution in [3.8, 4) is 11.3 Å². The molecule has 1 heterocycles. The minimum absolute atomic E-state index is 0.0417. The average Bonchev–Trinajstić information content (AvgIpc) is 3.13. The second-order valence-electron chi connectivity index (χ2n) is 5.93. The Balaban J connectivity index is 1.67.